The molecule has 3 aromatic carbocycles. The van der Waals surface area contributed by atoms with Crippen molar-refractivity contribution in [2.75, 3.05) is 51.7 Å². The summed E-state index contributed by atoms with van der Waals surface area (Å²) in [7, 11) is 3.24. The molecule has 1 unspecified atom stereocenters. The number of aryl methyl sites for hydroxylation is 1. The van der Waals surface area contributed by atoms with Crippen molar-refractivity contribution in [3.05, 3.63) is 107 Å². The van der Waals surface area contributed by atoms with Gasteiger partial charge >= 0.3 is 0 Å². The van der Waals surface area contributed by atoms with Crippen LogP contribution in [0.2, 0.25) is 0 Å². The van der Waals surface area contributed by atoms with E-state index in [9.17, 15) is 24.0 Å². The molecule has 65 heavy (non-hydrogen) atoms. The van der Waals surface area contributed by atoms with Gasteiger partial charge in [0, 0.05) is 69.4 Å². The smallest absolute Gasteiger partial charge is 0.269 e. The van der Waals surface area contributed by atoms with Crippen molar-refractivity contribution >= 4 is 51.7 Å². The summed E-state index contributed by atoms with van der Waals surface area (Å²) in [6.07, 6.45) is 8.59. The molecule has 16 heteroatoms. The number of rotatable bonds is 11. The molecule has 0 aliphatic carbocycles. The number of carbonyl (C=O) groups excluding carboxylic acids is 5. The van der Waals surface area contributed by atoms with E-state index in [1.54, 1.807) is 53.1 Å². The zero-order valence-corrected chi connectivity index (χ0v) is 37.1. The molecule has 0 bridgehead atoms. The second kappa shape index (κ2) is 17.4. The number of aromatic nitrogens is 4. The van der Waals surface area contributed by atoms with Crippen molar-refractivity contribution in [3.63, 3.8) is 0 Å². The Bertz CT molecular complexity index is 2750. The van der Waals surface area contributed by atoms with Gasteiger partial charge in [0.25, 0.3) is 5.91 Å². The van der Waals surface area contributed by atoms with Gasteiger partial charge in [-0.05, 0) is 123 Å². The van der Waals surface area contributed by atoms with E-state index in [0.29, 0.717) is 53.6 Å². The summed E-state index contributed by atoms with van der Waals surface area (Å²) in [5, 5.41) is 10.6. The number of H-pyrrole nitrogens is 1. The van der Waals surface area contributed by atoms with Crippen LogP contribution in [0.4, 0.5) is 14.5 Å². The van der Waals surface area contributed by atoms with Crippen LogP contribution in [0.1, 0.15) is 91.0 Å². The van der Waals surface area contributed by atoms with Gasteiger partial charge in [0.15, 0.2) is 5.82 Å². The number of nitrogens with zero attached hydrogens (tertiary/aromatic N) is 7. The Hall–Kier alpha value is -6.55. The predicted molar refractivity (Wildman–Crippen MR) is 241 cm³/mol. The summed E-state index contributed by atoms with van der Waals surface area (Å²) in [5.74, 6) is -2.25. The normalized spacial score (nSPS) is 19.1. The molecule has 6 heterocycles. The van der Waals surface area contributed by atoms with Crippen molar-refractivity contribution in [2.45, 2.75) is 82.7 Å². The Labute approximate surface area is 375 Å². The number of fused-ring (bicyclic) bond motifs is 2. The monoisotopic (exact) mass is 885 g/mol. The van der Waals surface area contributed by atoms with Gasteiger partial charge in [0.1, 0.15) is 17.6 Å². The highest BCUT2D eigenvalue weighted by Crippen LogP contribution is 2.46. The van der Waals surface area contributed by atoms with Gasteiger partial charge in [-0.3, -0.25) is 38.9 Å². The molecule has 4 aliphatic heterocycles. The van der Waals surface area contributed by atoms with E-state index in [-0.39, 0.29) is 77.9 Å². The van der Waals surface area contributed by atoms with Crippen molar-refractivity contribution < 1.29 is 32.8 Å². The molecule has 338 valence electrons. The molecule has 0 spiro atoms. The number of imide groups is 1. The number of hydrogen-bond acceptors (Lipinski definition) is 8. The summed E-state index contributed by atoms with van der Waals surface area (Å²) in [4.78, 5) is 75.0. The van der Waals surface area contributed by atoms with Gasteiger partial charge in [-0.2, -0.15) is 0 Å². The van der Waals surface area contributed by atoms with Crippen LogP contribution in [0.15, 0.2) is 67.0 Å². The second-order valence-corrected chi connectivity index (χ2v) is 18.4. The first kappa shape index (κ1) is 43.7. The van der Waals surface area contributed by atoms with Crippen molar-refractivity contribution in [1.82, 2.24) is 40.0 Å². The number of carbonyl (C=O) groups is 5. The molecule has 2 N–H and O–H groups in total. The largest absolute Gasteiger partial charge is 0.348 e. The molecule has 0 saturated carbocycles. The molecule has 4 aliphatic rings. The van der Waals surface area contributed by atoms with Crippen LogP contribution in [0.25, 0.3) is 27.6 Å². The minimum Gasteiger partial charge on any atom is -0.348 e. The predicted octanol–water partition coefficient (Wildman–Crippen LogP) is 5.96. The fourth-order valence-corrected chi connectivity index (χ4v) is 10.2. The van der Waals surface area contributed by atoms with E-state index in [1.165, 1.54) is 11.0 Å². The molecule has 2 saturated heterocycles. The summed E-state index contributed by atoms with van der Waals surface area (Å²) in [5.41, 5.74) is 4.84. The van der Waals surface area contributed by atoms with Gasteiger partial charge in [-0.15, -0.1) is 5.10 Å². The van der Waals surface area contributed by atoms with Crippen molar-refractivity contribution in [2.24, 2.45) is 0 Å². The molecule has 2 aromatic heterocycles. The maximum absolute atomic E-state index is 16.6. The molecule has 14 nitrogen and oxygen atoms in total. The highest BCUT2D eigenvalue weighted by Gasteiger charge is 2.50. The van der Waals surface area contributed by atoms with Gasteiger partial charge < -0.3 is 19.7 Å². The quantitative estimate of drug-likeness (QED) is 0.154. The third kappa shape index (κ3) is 8.24. The van der Waals surface area contributed by atoms with E-state index >= 15 is 8.78 Å². The van der Waals surface area contributed by atoms with E-state index in [0.717, 1.165) is 49.3 Å². The standard InChI is InChI=1S/C49H53F2N9O5/c1-49(2)43-30(7-5-9-39(43)60(48(49)65)40-12-13-41(61)54-46(40)63)16-22-57-20-14-29(15-21-57)33-11-10-31(25-37(33)50)34-26-35(44(51)45-36(34)27-38(53-45)47(64)56(3)4)32-8-6-19-58(28-32)42(62)17-23-59-24-18-52-55-59/h5,7-11,18,24-27,29,40,53H,6,12-17,19-23,28H2,1-4H3,(H,54,61,63). The number of aromatic amines is 1. The zero-order chi connectivity index (χ0) is 45.7. The Balaban J connectivity index is 0.912. The Kier molecular flexibility index (Phi) is 11.7. The summed E-state index contributed by atoms with van der Waals surface area (Å²) >= 11 is 0. The number of likely N-dealkylation sites (tertiary alicyclic amines) is 1. The Morgan fingerprint density at radius 3 is 2.48 bits per heavy atom. The lowest BCUT2D eigenvalue weighted by molar-refractivity contribution is -0.136. The average Bonchev–Trinajstić information content (AvgIpc) is 4.04. The number of halogens is 2. The van der Waals surface area contributed by atoms with Gasteiger partial charge in [0.2, 0.25) is 23.6 Å². The Morgan fingerprint density at radius 1 is 0.954 bits per heavy atom. The highest BCUT2D eigenvalue weighted by atomic mass is 19.1. The van der Waals surface area contributed by atoms with Gasteiger partial charge in [-0.1, -0.05) is 35.6 Å². The number of hydrogen-bond donors (Lipinski definition) is 2. The maximum atomic E-state index is 16.6. The van der Waals surface area contributed by atoms with E-state index in [1.807, 2.05) is 50.3 Å². The van der Waals surface area contributed by atoms with Crippen molar-refractivity contribution in [1.29, 1.82) is 0 Å². The van der Waals surface area contributed by atoms with Crippen LogP contribution in [-0.2, 0) is 37.6 Å². The van der Waals surface area contributed by atoms with E-state index in [4.69, 9.17) is 0 Å². The molecule has 0 radical (unpaired) electrons. The minimum absolute atomic E-state index is 0.0132. The Morgan fingerprint density at radius 2 is 1.75 bits per heavy atom. The summed E-state index contributed by atoms with van der Waals surface area (Å²) < 4.78 is 34.7. The third-order valence-electron chi connectivity index (χ3n) is 13.7. The molecule has 9 rings (SSSR count). The second-order valence-electron chi connectivity index (χ2n) is 18.4. The fraction of sp³-hybridized carbons (Fsp3) is 0.408. The molecule has 1 atom stereocenters. The molecule has 2 fully saturated rings. The first-order chi connectivity index (χ1) is 31.2. The fourth-order valence-electron chi connectivity index (χ4n) is 10.2. The van der Waals surface area contributed by atoms with Crippen LogP contribution in [0.5, 0.6) is 0 Å². The number of anilines is 1. The lowest BCUT2D eigenvalue weighted by atomic mass is 9.82. The van der Waals surface area contributed by atoms with Crippen LogP contribution in [-0.4, -0.2) is 117 Å². The van der Waals surface area contributed by atoms with Gasteiger partial charge in [-0.25, -0.2) is 8.78 Å². The first-order valence-corrected chi connectivity index (χ1v) is 22.4. The summed E-state index contributed by atoms with van der Waals surface area (Å²) in [6.45, 7) is 7.12. The lowest BCUT2D eigenvalue weighted by Gasteiger charge is -2.32. The van der Waals surface area contributed by atoms with E-state index < -0.39 is 23.2 Å². The molecular formula is C49H53F2N9O5. The van der Waals surface area contributed by atoms with Crippen LogP contribution in [0.3, 0.4) is 0 Å². The average molecular weight is 886 g/mol. The summed E-state index contributed by atoms with van der Waals surface area (Å²) in [6, 6.07) is 13.7. The molecular weight excluding hydrogens is 833 g/mol. The number of nitrogens with one attached hydrogen (secondary N) is 2. The molecule has 5 amide bonds. The van der Waals surface area contributed by atoms with Crippen molar-refractivity contribution in [3.8, 4) is 11.1 Å². The minimum atomic E-state index is -0.840. The number of amides is 5. The highest BCUT2D eigenvalue weighted by molar-refractivity contribution is 6.14. The van der Waals surface area contributed by atoms with Crippen LogP contribution in [0, 0.1) is 11.6 Å². The SMILES string of the molecule is CN(C)C(=O)c1cc2c(-c3ccc(C4CCN(CCc5cccc6c5C(C)(C)C(=O)N6C5CCC(=O)NC5=O)CC4)c(F)c3)cc(C3=CCCN(C(=O)CCn4ccnn4)C3)c(F)c2[nH]1. The third-order valence-corrected chi connectivity index (χ3v) is 13.7. The van der Waals surface area contributed by atoms with Gasteiger partial charge in [0.05, 0.1) is 23.7 Å². The molecule has 5 aromatic rings. The number of benzene rings is 3. The first-order valence-electron chi connectivity index (χ1n) is 22.4. The van der Waals surface area contributed by atoms with E-state index in [2.05, 4.69) is 25.5 Å². The zero-order valence-electron chi connectivity index (χ0n) is 37.1. The van der Waals surface area contributed by atoms with Crippen LogP contribution >= 0.6 is 0 Å². The van der Waals surface area contributed by atoms with Crippen LogP contribution < -0.4 is 10.2 Å². The maximum Gasteiger partial charge on any atom is 0.269 e. The lowest BCUT2D eigenvalue weighted by Crippen LogP contribution is -2.55. The number of piperidine rings is 2. The topological polar surface area (TPSA) is 157 Å².